The predicted octanol–water partition coefficient (Wildman–Crippen LogP) is 1.34. The molecule has 1 fully saturated rings. The third-order valence-corrected chi connectivity index (χ3v) is 4.64. The van der Waals surface area contributed by atoms with E-state index in [0.29, 0.717) is 30.2 Å². The van der Waals surface area contributed by atoms with Gasteiger partial charge in [0.15, 0.2) is 5.82 Å². The van der Waals surface area contributed by atoms with Crippen molar-refractivity contribution in [3.63, 3.8) is 0 Å². The lowest BCUT2D eigenvalue weighted by molar-refractivity contribution is 0.0782. The number of aryl methyl sites for hydroxylation is 1. The van der Waals surface area contributed by atoms with Gasteiger partial charge in [-0.1, -0.05) is 0 Å². The van der Waals surface area contributed by atoms with Gasteiger partial charge in [0.2, 0.25) is 0 Å². The zero-order chi connectivity index (χ0) is 18.3. The second-order valence-electron chi connectivity index (χ2n) is 6.65. The number of aromatic nitrogens is 5. The number of fused-ring (bicyclic) bond motifs is 1. The van der Waals surface area contributed by atoms with Crippen molar-refractivity contribution in [3.8, 4) is 0 Å². The minimum Gasteiger partial charge on any atom is -0.334 e. The average molecular weight is 357 g/mol. The molecule has 2 aromatic heterocycles. The number of nitrogens with zero attached hydrogens (tertiary/aromatic N) is 5. The van der Waals surface area contributed by atoms with Crippen LogP contribution in [0, 0.1) is 0 Å². The van der Waals surface area contributed by atoms with E-state index in [1.54, 1.807) is 30.4 Å². The van der Waals surface area contributed by atoms with Crippen molar-refractivity contribution in [1.29, 1.82) is 0 Å². The van der Waals surface area contributed by atoms with Crippen molar-refractivity contribution < 1.29 is 9.18 Å². The molecule has 136 valence electrons. The molecule has 0 saturated carbocycles. The summed E-state index contributed by atoms with van der Waals surface area (Å²) in [7, 11) is 3.62. The van der Waals surface area contributed by atoms with Crippen LogP contribution in [0.1, 0.15) is 34.5 Å². The highest BCUT2D eigenvalue weighted by atomic mass is 19.1. The molecule has 8 nitrogen and oxygen atoms in total. The van der Waals surface area contributed by atoms with E-state index in [4.69, 9.17) is 0 Å². The standard InChI is InChI=1S/C17H20FN7O/c1-24(8-15-21-16(23-22-15)13-6-11(18)7-19-13)17(26)10-3-4-14-12(5-10)20-9-25(14)2/h3-5,9,11,13,19H,6-8H2,1-2H3,(H,21,22,23)/t11-,13+/m0/s1. The topological polar surface area (TPSA) is 91.7 Å². The van der Waals surface area contributed by atoms with Gasteiger partial charge in [0.05, 0.1) is 29.9 Å². The number of rotatable bonds is 4. The number of H-pyrrole nitrogens is 1. The highest BCUT2D eigenvalue weighted by molar-refractivity contribution is 5.97. The van der Waals surface area contributed by atoms with E-state index in [-0.39, 0.29) is 18.5 Å². The van der Waals surface area contributed by atoms with E-state index in [1.807, 2.05) is 17.7 Å². The summed E-state index contributed by atoms with van der Waals surface area (Å²) >= 11 is 0. The molecule has 0 unspecified atom stereocenters. The molecule has 1 amide bonds. The lowest BCUT2D eigenvalue weighted by Gasteiger charge is -2.15. The number of halogens is 1. The van der Waals surface area contributed by atoms with Crippen LogP contribution in [0.25, 0.3) is 11.0 Å². The molecule has 2 atom stereocenters. The summed E-state index contributed by atoms with van der Waals surface area (Å²) in [6.45, 7) is 0.612. The SMILES string of the molecule is CN(Cc1nc([C@H]2C[C@H](F)CN2)n[nH]1)C(=O)c1ccc2c(c1)ncn2C. The van der Waals surface area contributed by atoms with Crippen LogP contribution in [0.15, 0.2) is 24.5 Å². The summed E-state index contributed by atoms with van der Waals surface area (Å²) in [5.74, 6) is 0.980. The number of benzene rings is 1. The molecule has 0 spiro atoms. The van der Waals surface area contributed by atoms with Crippen LogP contribution in [-0.4, -0.2) is 55.3 Å². The zero-order valence-corrected chi connectivity index (χ0v) is 14.6. The smallest absolute Gasteiger partial charge is 0.254 e. The fourth-order valence-corrected chi connectivity index (χ4v) is 3.21. The Morgan fingerprint density at radius 3 is 3.08 bits per heavy atom. The molecule has 1 saturated heterocycles. The molecule has 4 rings (SSSR count). The molecule has 9 heteroatoms. The van der Waals surface area contributed by atoms with Gasteiger partial charge in [-0.3, -0.25) is 9.89 Å². The van der Waals surface area contributed by atoms with Crippen LogP contribution >= 0.6 is 0 Å². The van der Waals surface area contributed by atoms with Crippen molar-refractivity contribution in [2.75, 3.05) is 13.6 Å². The van der Waals surface area contributed by atoms with E-state index in [9.17, 15) is 9.18 Å². The monoisotopic (exact) mass is 357 g/mol. The third kappa shape index (κ3) is 3.05. The minimum atomic E-state index is -0.868. The largest absolute Gasteiger partial charge is 0.334 e. The zero-order valence-electron chi connectivity index (χ0n) is 14.6. The first kappa shape index (κ1) is 16.6. The third-order valence-electron chi connectivity index (χ3n) is 4.64. The fraction of sp³-hybridized carbons (Fsp3) is 0.412. The highest BCUT2D eigenvalue weighted by Crippen LogP contribution is 2.22. The lowest BCUT2D eigenvalue weighted by Crippen LogP contribution is -2.26. The maximum absolute atomic E-state index is 13.3. The second-order valence-corrected chi connectivity index (χ2v) is 6.65. The van der Waals surface area contributed by atoms with Crippen LogP contribution in [0.3, 0.4) is 0 Å². The number of amides is 1. The van der Waals surface area contributed by atoms with Gasteiger partial charge in [-0.15, -0.1) is 0 Å². The van der Waals surface area contributed by atoms with Gasteiger partial charge < -0.3 is 14.8 Å². The Morgan fingerprint density at radius 1 is 1.46 bits per heavy atom. The van der Waals surface area contributed by atoms with E-state index >= 15 is 0 Å². The first-order chi connectivity index (χ1) is 12.5. The van der Waals surface area contributed by atoms with Crippen molar-refractivity contribution in [3.05, 3.63) is 41.7 Å². The Balaban J connectivity index is 1.46. The molecular weight excluding hydrogens is 337 g/mol. The van der Waals surface area contributed by atoms with E-state index in [0.717, 1.165) is 11.0 Å². The molecule has 1 aliphatic rings. The Labute approximate surface area is 149 Å². The van der Waals surface area contributed by atoms with E-state index < -0.39 is 6.17 Å². The molecular formula is C17H20FN7O. The number of carbonyl (C=O) groups excluding carboxylic acids is 1. The summed E-state index contributed by atoms with van der Waals surface area (Å²) in [5.41, 5.74) is 2.32. The van der Waals surface area contributed by atoms with Gasteiger partial charge in [-0.05, 0) is 18.2 Å². The Bertz CT molecular complexity index is 950. The van der Waals surface area contributed by atoms with Gasteiger partial charge in [0.25, 0.3) is 5.91 Å². The van der Waals surface area contributed by atoms with Crippen molar-refractivity contribution in [2.45, 2.75) is 25.2 Å². The number of hydrogen-bond acceptors (Lipinski definition) is 5. The molecule has 0 aliphatic carbocycles. The first-order valence-electron chi connectivity index (χ1n) is 8.46. The first-order valence-corrected chi connectivity index (χ1v) is 8.46. The molecule has 1 aromatic carbocycles. The van der Waals surface area contributed by atoms with Gasteiger partial charge in [-0.2, -0.15) is 5.10 Å². The highest BCUT2D eigenvalue weighted by Gasteiger charge is 2.28. The van der Waals surface area contributed by atoms with Crippen LogP contribution in [-0.2, 0) is 13.6 Å². The number of aromatic amines is 1. The van der Waals surface area contributed by atoms with Gasteiger partial charge in [-0.25, -0.2) is 14.4 Å². The Kier molecular flexibility index (Phi) is 4.15. The number of nitrogens with one attached hydrogen (secondary N) is 2. The van der Waals surface area contributed by atoms with Crippen molar-refractivity contribution in [2.24, 2.45) is 7.05 Å². The fourth-order valence-electron chi connectivity index (χ4n) is 3.21. The van der Waals surface area contributed by atoms with Gasteiger partial charge in [0.1, 0.15) is 12.0 Å². The summed E-state index contributed by atoms with van der Waals surface area (Å²) in [4.78, 5) is 22.9. The normalized spacial score (nSPS) is 20.0. The number of alkyl halides is 1. The molecule has 0 bridgehead atoms. The van der Waals surface area contributed by atoms with E-state index in [1.165, 1.54) is 0 Å². The predicted molar refractivity (Wildman–Crippen MR) is 93.2 cm³/mol. The number of imidazole rings is 1. The van der Waals surface area contributed by atoms with Crippen LogP contribution in [0.5, 0.6) is 0 Å². The summed E-state index contributed by atoms with van der Waals surface area (Å²) in [6.07, 6.45) is 1.22. The molecule has 0 radical (unpaired) electrons. The number of hydrogen-bond donors (Lipinski definition) is 2. The quantitative estimate of drug-likeness (QED) is 0.735. The maximum atomic E-state index is 13.3. The summed E-state index contributed by atoms with van der Waals surface area (Å²) in [5, 5.41) is 10.0. The van der Waals surface area contributed by atoms with Crippen molar-refractivity contribution in [1.82, 2.24) is 34.9 Å². The Hall–Kier alpha value is -2.81. The van der Waals surface area contributed by atoms with Gasteiger partial charge in [0, 0.05) is 32.6 Å². The summed E-state index contributed by atoms with van der Waals surface area (Å²) in [6, 6.07) is 5.28. The van der Waals surface area contributed by atoms with Gasteiger partial charge >= 0.3 is 0 Å². The molecule has 3 heterocycles. The molecule has 26 heavy (non-hydrogen) atoms. The van der Waals surface area contributed by atoms with Crippen LogP contribution in [0.4, 0.5) is 4.39 Å². The lowest BCUT2D eigenvalue weighted by atomic mass is 10.1. The molecule has 3 aromatic rings. The Morgan fingerprint density at radius 2 is 2.31 bits per heavy atom. The molecule has 1 aliphatic heterocycles. The van der Waals surface area contributed by atoms with E-state index in [2.05, 4.69) is 25.5 Å². The van der Waals surface area contributed by atoms with Crippen molar-refractivity contribution >= 4 is 16.9 Å². The summed E-state index contributed by atoms with van der Waals surface area (Å²) < 4.78 is 15.2. The minimum absolute atomic E-state index is 0.127. The maximum Gasteiger partial charge on any atom is 0.254 e. The average Bonchev–Trinajstić information content (AvgIpc) is 3.35. The number of carbonyl (C=O) groups is 1. The molecule has 2 N–H and O–H groups in total. The van der Waals surface area contributed by atoms with Crippen LogP contribution in [0.2, 0.25) is 0 Å². The second kappa shape index (κ2) is 6.49. The van der Waals surface area contributed by atoms with Crippen LogP contribution < -0.4 is 5.32 Å².